The number of hydrogen-bond donors (Lipinski definition) is 0. The second kappa shape index (κ2) is 5.96. The Hall–Kier alpha value is -1.08. The molecule has 0 aromatic heterocycles. The van der Waals surface area contributed by atoms with Crippen LogP contribution in [0.2, 0.25) is 10.0 Å². The van der Waals surface area contributed by atoms with Gasteiger partial charge in [-0.3, -0.25) is 0 Å². The van der Waals surface area contributed by atoms with Crippen LogP contribution in [0.4, 0.5) is 0 Å². The van der Waals surface area contributed by atoms with Gasteiger partial charge in [0.1, 0.15) is 0 Å². The van der Waals surface area contributed by atoms with Crippen LogP contribution >= 0.6 is 23.2 Å². The monoisotopic (exact) mass is 364 g/mol. The second-order valence-corrected chi connectivity index (χ2v) is 9.48. The van der Waals surface area contributed by atoms with Crippen LogP contribution in [0.5, 0.6) is 0 Å². The van der Waals surface area contributed by atoms with Crippen LogP contribution in [0.1, 0.15) is 0 Å². The van der Waals surface area contributed by atoms with E-state index in [4.69, 9.17) is 23.2 Å². The molecular weight excluding hydrogens is 355 g/mol. The lowest BCUT2D eigenvalue weighted by molar-refractivity contribution is 0.589. The zero-order valence-corrected chi connectivity index (χ0v) is 13.7. The Labute approximate surface area is 133 Å². The molecule has 8 heteroatoms. The zero-order chi connectivity index (χ0) is 15.7. The molecule has 0 saturated heterocycles. The van der Waals surface area contributed by atoms with E-state index >= 15 is 0 Å². The Bertz CT molecular complexity index is 801. The first-order valence-electron chi connectivity index (χ1n) is 5.67. The van der Waals surface area contributed by atoms with E-state index in [0.29, 0.717) is 0 Å². The third kappa shape index (κ3) is 3.97. The molecule has 0 saturated carbocycles. The second-order valence-electron chi connectivity index (χ2n) is 4.26. The number of hydrogen-bond acceptors (Lipinski definition) is 4. The van der Waals surface area contributed by atoms with Crippen molar-refractivity contribution >= 4 is 42.9 Å². The van der Waals surface area contributed by atoms with Gasteiger partial charge in [-0.15, -0.1) is 0 Å². The summed E-state index contributed by atoms with van der Waals surface area (Å²) < 4.78 is 48.7. The predicted octanol–water partition coefficient (Wildman–Crippen LogP) is 3.20. The molecule has 0 atom stereocenters. The molecule has 0 amide bonds. The standard InChI is InChI=1S/C13H10Cl2O4S2/c14-10-3-1-5-12(7-10)20(16,17)9-21(18,19)13-6-2-4-11(15)8-13/h1-8H,9H2. The number of sulfone groups is 2. The number of benzene rings is 2. The Morgan fingerprint density at radius 3 is 1.43 bits per heavy atom. The summed E-state index contributed by atoms with van der Waals surface area (Å²) in [6, 6.07) is 10.9. The summed E-state index contributed by atoms with van der Waals surface area (Å²) in [5, 5.41) is -0.604. The Balaban J connectivity index is 2.40. The van der Waals surface area contributed by atoms with E-state index in [0.717, 1.165) is 0 Å². The fourth-order valence-corrected chi connectivity index (χ4v) is 6.08. The van der Waals surface area contributed by atoms with Gasteiger partial charge >= 0.3 is 0 Å². The highest BCUT2D eigenvalue weighted by atomic mass is 35.5. The molecule has 0 bridgehead atoms. The predicted molar refractivity (Wildman–Crippen MR) is 82.1 cm³/mol. The van der Waals surface area contributed by atoms with E-state index in [9.17, 15) is 16.8 Å². The molecule has 0 spiro atoms. The van der Waals surface area contributed by atoms with Crippen LogP contribution in [-0.4, -0.2) is 21.9 Å². The van der Waals surface area contributed by atoms with Crippen molar-refractivity contribution in [2.24, 2.45) is 0 Å². The Kier molecular flexibility index (Phi) is 4.63. The van der Waals surface area contributed by atoms with Crippen molar-refractivity contribution < 1.29 is 16.8 Å². The van der Waals surface area contributed by atoms with Gasteiger partial charge in [-0.1, -0.05) is 35.3 Å². The molecule has 0 radical (unpaired) electrons. The summed E-state index contributed by atoms with van der Waals surface area (Å²) in [5.74, 6) is 0. The SMILES string of the molecule is O=S(=O)(CS(=O)(=O)c1cccc(Cl)c1)c1cccc(Cl)c1. The van der Waals surface area contributed by atoms with Gasteiger partial charge in [-0.25, -0.2) is 16.8 Å². The minimum absolute atomic E-state index is 0.138. The van der Waals surface area contributed by atoms with Crippen molar-refractivity contribution in [1.29, 1.82) is 0 Å². The molecule has 0 heterocycles. The molecular formula is C13H10Cl2O4S2. The highest BCUT2D eigenvalue weighted by Crippen LogP contribution is 2.22. The van der Waals surface area contributed by atoms with Gasteiger partial charge < -0.3 is 0 Å². The lowest BCUT2D eigenvalue weighted by atomic mass is 10.4. The van der Waals surface area contributed by atoms with Crippen LogP contribution in [0.25, 0.3) is 0 Å². The maximum Gasteiger partial charge on any atom is 0.193 e. The maximum atomic E-state index is 12.2. The van der Waals surface area contributed by atoms with Crippen molar-refractivity contribution in [2.75, 3.05) is 5.08 Å². The quantitative estimate of drug-likeness (QED) is 0.835. The van der Waals surface area contributed by atoms with Crippen LogP contribution in [-0.2, 0) is 19.7 Å². The minimum Gasteiger partial charge on any atom is -0.223 e. The van der Waals surface area contributed by atoms with Crippen molar-refractivity contribution in [1.82, 2.24) is 0 Å². The van der Waals surface area contributed by atoms with E-state index in [-0.39, 0.29) is 19.8 Å². The van der Waals surface area contributed by atoms with Gasteiger partial charge in [0.15, 0.2) is 24.8 Å². The van der Waals surface area contributed by atoms with Gasteiger partial charge in [0.05, 0.1) is 9.79 Å². The lowest BCUT2D eigenvalue weighted by Gasteiger charge is -2.07. The van der Waals surface area contributed by atoms with E-state index < -0.39 is 24.8 Å². The van der Waals surface area contributed by atoms with Gasteiger partial charge in [0.25, 0.3) is 0 Å². The van der Waals surface area contributed by atoms with Crippen LogP contribution in [0.3, 0.4) is 0 Å². The fraction of sp³-hybridized carbons (Fsp3) is 0.0769. The van der Waals surface area contributed by atoms with Crippen molar-refractivity contribution in [3.8, 4) is 0 Å². The molecule has 4 nitrogen and oxygen atoms in total. The summed E-state index contributed by atoms with van der Waals surface area (Å²) in [7, 11) is -8.03. The van der Waals surface area contributed by atoms with Crippen molar-refractivity contribution in [3.05, 3.63) is 58.6 Å². The minimum atomic E-state index is -4.02. The van der Waals surface area contributed by atoms with E-state index in [1.165, 1.54) is 48.5 Å². The van der Waals surface area contributed by atoms with Crippen molar-refractivity contribution in [2.45, 2.75) is 9.79 Å². The molecule has 21 heavy (non-hydrogen) atoms. The van der Waals surface area contributed by atoms with Crippen LogP contribution in [0, 0.1) is 0 Å². The molecule has 0 aliphatic heterocycles. The average Bonchev–Trinajstić information content (AvgIpc) is 2.37. The maximum absolute atomic E-state index is 12.2. The molecule has 0 unspecified atom stereocenters. The fourth-order valence-electron chi connectivity index (χ4n) is 1.66. The van der Waals surface area contributed by atoms with E-state index in [2.05, 4.69) is 0 Å². The molecule has 2 rings (SSSR count). The molecule has 112 valence electrons. The van der Waals surface area contributed by atoms with Crippen LogP contribution < -0.4 is 0 Å². The first-order valence-corrected chi connectivity index (χ1v) is 9.73. The molecule has 2 aromatic rings. The van der Waals surface area contributed by atoms with Gasteiger partial charge in [-0.2, -0.15) is 0 Å². The molecule has 0 fully saturated rings. The summed E-state index contributed by atoms with van der Waals surface area (Å²) in [5.41, 5.74) is 0. The van der Waals surface area contributed by atoms with Crippen LogP contribution in [0.15, 0.2) is 58.3 Å². The Morgan fingerprint density at radius 2 is 1.10 bits per heavy atom. The topological polar surface area (TPSA) is 68.3 Å². The summed E-state index contributed by atoms with van der Waals surface area (Å²) in [6.07, 6.45) is 0. The largest absolute Gasteiger partial charge is 0.223 e. The van der Waals surface area contributed by atoms with Gasteiger partial charge in [0.2, 0.25) is 0 Å². The molecule has 0 N–H and O–H groups in total. The molecule has 0 aliphatic carbocycles. The Morgan fingerprint density at radius 1 is 0.714 bits per heavy atom. The van der Waals surface area contributed by atoms with Gasteiger partial charge in [-0.05, 0) is 36.4 Å². The summed E-state index contributed by atoms with van der Waals surface area (Å²) in [6.45, 7) is 0. The zero-order valence-electron chi connectivity index (χ0n) is 10.5. The third-order valence-corrected chi connectivity index (χ3v) is 7.52. The molecule has 2 aromatic carbocycles. The summed E-state index contributed by atoms with van der Waals surface area (Å²) in [4.78, 5) is -0.277. The van der Waals surface area contributed by atoms with E-state index in [1.807, 2.05) is 0 Å². The number of halogens is 2. The van der Waals surface area contributed by atoms with E-state index in [1.54, 1.807) is 0 Å². The highest BCUT2D eigenvalue weighted by molar-refractivity contribution is 8.08. The smallest absolute Gasteiger partial charge is 0.193 e. The molecule has 0 aliphatic rings. The average molecular weight is 365 g/mol. The lowest BCUT2D eigenvalue weighted by Crippen LogP contribution is -2.17. The van der Waals surface area contributed by atoms with Crippen molar-refractivity contribution in [3.63, 3.8) is 0 Å². The highest BCUT2D eigenvalue weighted by Gasteiger charge is 2.26. The summed E-state index contributed by atoms with van der Waals surface area (Å²) >= 11 is 11.5. The first kappa shape index (κ1) is 16.3. The van der Waals surface area contributed by atoms with Gasteiger partial charge in [0, 0.05) is 10.0 Å². The first-order chi connectivity index (χ1) is 9.71. The number of rotatable bonds is 4. The normalized spacial score (nSPS) is 12.3. The third-order valence-electron chi connectivity index (χ3n) is 2.62.